The van der Waals surface area contributed by atoms with Crippen LogP contribution in [0.25, 0.3) is 0 Å². The largest absolute Gasteiger partial charge is 0.493 e. The van der Waals surface area contributed by atoms with E-state index in [1.54, 1.807) is 0 Å². The summed E-state index contributed by atoms with van der Waals surface area (Å²) >= 11 is 6.03. The Balaban J connectivity index is 2.30. The van der Waals surface area contributed by atoms with Gasteiger partial charge in [0.05, 0.1) is 6.61 Å². The lowest BCUT2D eigenvalue weighted by Crippen LogP contribution is -2.34. The minimum Gasteiger partial charge on any atom is -0.493 e. The molecule has 0 atom stereocenters. The Morgan fingerprint density at radius 3 is 2.65 bits per heavy atom. The van der Waals surface area contributed by atoms with Crippen molar-refractivity contribution in [3.05, 3.63) is 54.1 Å². The van der Waals surface area contributed by atoms with Crippen molar-refractivity contribution in [3.8, 4) is 5.75 Å². The Bertz CT molecular complexity index is 427. The van der Waals surface area contributed by atoms with Gasteiger partial charge in [0, 0.05) is 10.4 Å². The number of hydrogen-bond donors (Lipinski definition) is 0. The molecule has 2 heteroatoms. The quantitative estimate of drug-likeness (QED) is 0.717. The molecule has 1 nitrogen and oxygen atoms in total. The Hall–Kier alpha value is -1.21. The van der Waals surface area contributed by atoms with Crippen LogP contribution in [0, 0.1) is 5.41 Å². The predicted octanol–water partition coefficient (Wildman–Crippen LogP) is 4.41. The van der Waals surface area contributed by atoms with Crippen molar-refractivity contribution in [3.63, 3.8) is 0 Å². The van der Waals surface area contributed by atoms with Gasteiger partial charge in [-0.05, 0) is 43.0 Å². The molecule has 1 aromatic carbocycles. The Labute approximate surface area is 108 Å². The minimum absolute atomic E-state index is 0.0984. The molecule has 0 radical (unpaired) electrons. The third kappa shape index (κ3) is 2.55. The van der Waals surface area contributed by atoms with E-state index in [1.165, 1.54) is 5.56 Å². The summed E-state index contributed by atoms with van der Waals surface area (Å²) in [5.74, 6) is 0.957. The van der Waals surface area contributed by atoms with Crippen molar-refractivity contribution >= 4 is 11.6 Å². The maximum absolute atomic E-state index is 6.03. The summed E-state index contributed by atoms with van der Waals surface area (Å²) in [5, 5.41) is 0.764. The monoisotopic (exact) mass is 248 g/mol. The summed E-state index contributed by atoms with van der Waals surface area (Å²) in [6.45, 7) is 8.40. The molecule has 1 aliphatic rings. The smallest absolute Gasteiger partial charge is 0.122 e. The van der Waals surface area contributed by atoms with Crippen LogP contribution in [0.4, 0.5) is 0 Å². The first-order valence-corrected chi connectivity index (χ1v) is 6.20. The van der Waals surface area contributed by atoms with E-state index >= 15 is 0 Å². The van der Waals surface area contributed by atoms with Gasteiger partial charge >= 0.3 is 0 Å². The van der Waals surface area contributed by atoms with Crippen molar-refractivity contribution < 1.29 is 4.74 Å². The van der Waals surface area contributed by atoms with E-state index in [0.29, 0.717) is 0 Å². The van der Waals surface area contributed by atoms with Gasteiger partial charge < -0.3 is 4.74 Å². The first-order valence-electron chi connectivity index (χ1n) is 5.82. The van der Waals surface area contributed by atoms with E-state index in [4.69, 9.17) is 16.3 Å². The van der Waals surface area contributed by atoms with Crippen LogP contribution in [0.3, 0.4) is 0 Å². The van der Waals surface area contributed by atoms with Gasteiger partial charge in [-0.25, -0.2) is 0 Å². The van der Waals surface area contributed by atoms with Crippen molar-refractivity contribution in [1.29, 1.82) is 0 Å². The lowest BCUT2D eigenvalue weighted by molar-refractivity contribution is 0.124. The van der Waals surface area contributed by atoms with Gasteiger partial charge in [0.15, 0.2) is 0 Å². The SMILES string of the molecule is C=CCC1(CC=C)COc2ccc(Cl)cc2C1. The summed E-state index contributed by atoms with van der Waals surface area (Å²) in [7, 11) is 0. The van der Waals surface area contributed by atoms with Gasteiger partial charge in [-0.3, -0.25) is 0 Å². The summed E-state index contributed by atoms with van der Waals surface area (Å²) in [5.41, 5.74) is 1.29. The van der Waals surface area contributed by atoms with Crippen LogP contribution in [-0.4, -0.2) is 6.61 Å². The highest BCUT2D eigenvalue weighted by Gasteiger charge is 2.33. The molecule has 0 bridgehead atoms. The molecule has 0 aromatic heterocycles. The van der Waals surface area contributed by atoms with Crippen LogP contribution >= 0.6 is 11.6 Å². The minimum atomic E-state index is 0.0984. The Morgan fingerprint density at radius 1 is 1.29 bits per heavy atom. The average molecular weight is 249 g/mol. The number of allylic oxidation sites excluding steroid dienone is 2. The molecule has 0 fully saturated rings. The number of ether oxygens (including phenoxy) is 1. The third-order valence-corrected chi connectivity index (χ3v) is 3.51. The highest BCUT2D eigenvalue weighted by Crippen LogP contribution is 2.40. The molecule has 0 spiro atoms. The Morgan fingerprint density at radius 2 is 2.00 bits per heavy atom. The van der Waals surface area contributed by atoms with Crippen LogP contribution in [0.5, 0.6) is 5.75 Å². The van der Waals surface area contributed by atoms with Crippen molar-refractivity contribution in [1.82, 2.24) is 0 Å². The molecule has 0 N–H and O–H groups in total. The average Bonchev–Trinajstić information content (AvgIpc) is 2.29. The summed E-state index contributed by atoms with van der Waals surface area (Å²) in [6, 6.07) is 5.81. The second-order valence-corrected chi connectivity index (χ2v) is 5.14. The van der Waals surface area contributed by atoms with Crippen molar-refractivity contribution in [2.24, 2.45) is 5.41 Å². The number of rotatable bonds is 4. The number of fused-ring (bicyclic) bond motifs is 1. The summed E-state index contributed by atoms with van der Waals surface area (Å²) < 4.78 is 5.85. The number of halogens is 1. The van der Waals surface area contributed by atoms with Crippen LogP contribution in [0.15, 0.2) is 43.5 Å². The van der Waals surface area contributed by atoms with Gasteiger partial charge in [0.25, 0.3) is 0 Å². The zero-order chi connectivity index (χ0) is 12.3. The fourth-order valence-electron chi connectivity index (χ4n) is 2.47. The Kier molecular flexibility index (Phi) is 3.58. The number of benzene rings is 1. The van der Waals surface area contributed by atoms with Gasteiger partial charge in [0.2, 0.25) is 0 Å². The molecule has 0 saturated carbocycles. The third-order valence-electron chi connectivity index (χ3n) is 3.28. The van der Waals surface area contributed by atoms with Gasteiger partial charge in [-0.15, -0.1) is 13.2 Å². The molecule has 2 rings (SSSR count). The first-order chi connectivity index (χ1) is 8.19. The van der Waals surface area contributed by atoms with E-state index in [-0.39, 0.29) is 5.41 Å². The van der Waals surface area contributed by atoms with Gasteiger partial charge in [0.1, 0.15) is 5.75 Å². The fourth-order valence-corrected chi connectivity index (χ4v) is 2.67. The second-order valence-electron chi connectivity index (χ2n) is 4.70. The lowest BCUT2D eigenvalue weighted by Gasteiger charge is -2.36. The summed E-state index contributed by atoms with van der Waals surface area (Å²) in [4.78, 5) is 0. The first kappa shape index (κ1) is 12.3. The molecule has 0 amide bonds. The molecule has 1 aliphatic heterocycles. The normalized spacial score (nSPS) is 16.8. The predicted molar refractivity (Wildman–Crippen MR) is 72.7 cm³/mol. The topological polar surface area (TPSA) is 9.23 Å². The van der Waals surface area contributed by atoms with E-state index in [2.05, 4.69) is 13.2 Å². The van der Waals surface area contributed by atoms with E-state index in [9.17, 15) is 0 Å². The molecule has 0 unspecified atom stereocenters. The standard InChI is InChI=1S/C15H17ClO/c1-3-7-15(8-4-2)10-12-9-13(16)5-6-14(12)17-11-15/h3-6,9H,1-2,7-8,10-11H2. The van der Waals surface area contributed by atoms with Crippen molar-refractivity contribution in [2.45, 2.75) is 19.3 Å². The van der Waals surface area contributed by atoms with Crippen LogP contribution < -0.4 is 4.74 Å². The zero-order valence-corrected chi connectivity index (χ0v) is 10.7. The molecule has 0 saturated heterocycles. The molecular formula is C15H17ClO. The molecule has 0 aliphatic carbocycles. The van der Waals surface area contributed by atoms with Crippen molar-refractivity contribution in [2.75, 3.05) is 6.61 Å². The van der Waals surface area contributed by atoms with Crippen LogP contribution in [0.1, 0.15) is 18.4 Å². The highest BCUT2D eigenvalue weighted by molar-refractivity contribution is 6.30. The molecule has 1 aromatic rings. The van der Waals surface area contributed by atoms with Crippen LogP contribution in [-0.2, 0) is 6.42 Å². The summed E-state index contributed by atoms with van der Waals surface area (Å²) in [6.07, 6.45) is 6.77. The van der Waals surface area contributed by atoms with E-state index in [1.807, 2.05) is 30.4 Å². The molecule has 17 heavy (non-hydrogen) atoms. The van der Waals surface area contributed by atoms with Gasteiger partial charge in [-0.2, -0.15) is 0 Å². The number of hydrogen-bond acceptors (Lipinski definition) is 1. The highest BCUT2D eigenvalue weighted by atomic mass is 35.5. The molecule has 90 valence electrons. The van der Waals surface area contributed by atoms with E-state index in [0.717, 1.165) is 36.6 Å². The maximum atomic E-state index is 6.03. The van der Waals surface area contributed by atoms with Gasteiger partial charge in [-0.1, -0.05) is 23.8 Å². The molecule has 1 heterocycles. The fraction of sp³-hybridized carbons (Fsp3) is 0.333. The van der Waals surface area contributed by atoms with E-state index < -0.39 is 0 Å². The van der Waals surface area contributed by atoms with Crippen LogP contribution in [0.2, 0.25) is 5.02 Å². The second kappa shape index (κ2) is 4.97. The maximum Gasteiger partial charge on any atom is 0.122 e. The zero-order valence-electron chi connectivity index (χ0n) is 9.92. The molecular weight excluding hydrogens is 232 g/mol. The lowest BCUT2D eigenvalue weighted by atomic mass is 9.75.